The molecule has 0 saturated heterocycles. The number of nitrogens with one attached hydrogen (secondary N) is 1. The van der Waals surface area contributed by atoms with Crippen molar-refractivity contribution in [3.8, 4) is 5.69 Å². The summed E-state index contributed by atoms with van der Waals surface area (Å²) < 4.78 is 1.89. The average molecular weight is 271 g/mol. The van der Waals surface area contributed by atoms with E-state index in [0.29, 0.717) is 5.92 Å². The molecule has 1 aromatic heterocycles. The van der Waals surface area contributed by atoms with Gasteiger partial charge in [0, 0.05) is 0 Å². The maximum absolute atomic E-state index is 5.82. The lowest BCUT2D eigenvalue weighted by atomic mass is 9.83. The van der Waals surface area contributed by atoms with E-state index in [1.54, 1.807) is 0 Å². The summed E-state index contributed by atoms with van der Waals surface area (Å²) in [5, 5.41) is 8.30. The van der Waals surface area contributed by atoms with Crippen LogP contribution in [0, 0.1) is 5.92 Å². The lowest BCUT2D eigenvalue weighted by Crippen LogP contribution is -2.35. The van der Waals surface area contributed by atoms with E-state index in [-0.39, 0.29) is 6.04 Å². The van der Waals surface area contributed by atoms with Crippen molar-refractivity contribution in [2.24, 2.45) is 11.8 Å². The smallest absolute Gasteiger partial charge is 0.0831 e. The highest BCUT2D eigenvalue weighted by atomic mass is 15.4. The van der Waals surface area contributed by atoms with E-state index in [2.05, 4.69) is 15.7 Å². The molecular weight excluding hydrogens is 250 g/mol. The highest BCUT2D eigenvalue weighted by molar-refractivity contribution is 5.32. The van der Waals surface area contributed by atoms with Crippen molar-refractivity contribution in [3.63, 3.8) is 0 Å². The zero-order valence-electron chi connectivity index (χ0n) is 11.6. The molecule has 0 radical (unpaired) electrons. The van der Waals surface area contributed by atoms with E-state index in [1.807, 2.05) is 41.2 Å². The van der Waals surface area contributed by atoms with Gasteiger partial charge in [-0.1, -0.05) is 42.7 Å². The minimum atomic E-state index is 0.116. The molecule has 1 aliphatic carbocycles. The maximum Gasteiger partial charge on any atom is 0.0831 e. The van der Waals surface area contributed by atoms with Crippen molar-refractivity contribution in [1.82, 2.24) is 20.4 Å². The van der Waals surface area contributed by atoms with Gasteiger partial charge in [-0.15, -0.1) is 5.10 Å². The van der Waals surface area contributed by atoms with Crippen molar-refractivity contribution in [3.05, 3.63) is 42.2 Å². The molecule has 1 fully saturated rings. The van der Waals surface area contributed by atoms with Crippen molar-refractivity contribution < 1.29 is 0 Å². The van der Waals surface area contributed by atoms with E-state index in [1.165, 1.54) is 32.1 Å². The Morgan fingerprint density at radius 3 is 2.60 bits per heavy atom. The molecule has 1 aliphatic rings. The van der Waals surface area contributed by atoms with Crippen LogP contribution in [0.2, 0.25) is 0 Å². The Morgan fingerprint density at radius 2 is 1.90 bits per heavy atom. The molecule has 1 saturated carbocycles. The molecule has 0 bridgehead atoms. The third-order valence-corrected chi connectivity index (χ3v) is 4.20. The molecular formula is C15H21N5. The van der Waals surface area contributed by atoms with E-state index in [0.717, 1.165) is 11.4 Å². The summed E-state index contributed by atoms with van der Waals surface area (Å²) in [6.45, 7) is 0. The Kier molecular flexibility index (Phi) is 4.08. The Bertz CT molecular complexity index is 530. The molecule has 3 rings (SSSR count). The number of hydrogen-bond donors (Lipinski definition) is 2. The lowest BCUT2D eigenvalue weighted by Gasteiger charge is -2.29. The van der Waals surface area contributed by atoms with Gasteiger partial charge < -0.3 is 0 Å². The van der Waals surface area contributed by atoms with Crippen molar-refractivity contribution in [2.75, 3.05) is 0 Å². The quantitative estimate of drug-likeness (QED) is 0.661. The predicted octanol–water partition coefficient (Wildman–Crippen LogP) is 2.35. The Labute approximate surface area is 119 Å². The first kappa shape index (κ1) is 13.3. The summed E-state index contributed by atoms with van der Waals surface area (Å²) in [7, 11) is 0. The number of aromatic nitrogens is 3. The maximum atomic E-state index is 5.82. The first-order chi connectivity index (χ1) is 9.90. The van der Waals surface area contributed by atoms with Gasteiger partial charge in [0.2, 0.25) is 0 Å². The highest BCUT2D eigenvalue weighted by Gasteiger charge is 2.27. The van der Waals surface area contributed by atoms with Crippen LogP contribution < -0.4 is 11.3 Å². The van der Waals surface area contributed by atoms with Crippen LogP contribution >= 0.6 is 0 Å². The Morgan fingerprint density at radius 1 is 1.15 bits per heavy atom. The van der Waals surface area contributed by atoms with Gasteiger partial charge in [-0.3, -0.25) is 11.3 Å². The second kappa shape index (κ2) is 6.15. The van der Waals surface area contributed by atoms with E-state index in [4.69, 9.17) is 5.84 Å². The summed E-state index contributed by atoms with van der Waals surface area (Å²) in [6.07, 6.45) is 8.17. The second-order valence-electron chi connectivity index (χ2n) is 5.45. The molecule has 1 aromatic carbocycles. The van der Waals surface area contributed by atoms with Crippen LogP contribution in [0.3, 0.4) is 0 Å². The Balaban J connectivity index is 1.91. The molecule has 0 amide bonds. The van der Waals surface area contributed by atoms with E-state index in [9.17, 15) is 0 Å². The van der Waals surface area contributed by atoms with E-state index < -0.39 is 0 Å². The van der Waals surface area contributed by atoms with Gasteiger partial charge in [0.05, 0.1) is 23.6 Å². The van der Waals surface area contributed by atoms with Gasteiger partial charge in [0.15, 0.2) is 0 Å². The third-order valence-electron chi connectivity index (χ3n) is 4.20. The highest BCUT2D eigenvalue weighted by Crippen LogP contribution is 2.34. The van der Waals surface area contributed by atoms with Gasteiger partial charge in [0.1, 0.15) is 0 Å². The average Bonchev–Trinajstić information content (AvgIpc) is 2.99. The van der Waals surface area contributed by atoms with Crippen molar-refractivity contribution >= 4 is 0 Å². The molecule has 0 aliphatic heterocycles. The zero-order chi connectivity index (χ0) is 13.8. The van der Waals surface area contributed by atoms with Crippen LogP contribution in [-0.4, -0.2) is 15.0 Å². The monoisotopic (exact) mass is 271 g/mol. The fourth-order valence-electron chi connectivity index (χ4n) is 3.16. The molecule has 1 atom stereocenters. The van der Waals surface area contributed by atoms with Crippen LogP contribution in [0.5, 0.6) is 0 Å². The molecule has 20 heavy (non-hydrogen) atoms. The summed E-state index contributed by atoms with van der Waals surface area (Å²) >= 11 is 0. The number of hydrazine groups is 1. The number of nitrogens with two attached hydrogens (primary N) is 1. The molecule has 5 nitrogen and oxygen atoms in total. The number of para-hydroxylation sites is 1. The first-order valence-electron chi connectivity index (χ1n) is 7.32. The van der Waals surface area contributed by atoms with Crippen LogP contribution in [-0.2, 0) is 0 Å². The summed E-state index contributed by atoms with van der Waals surface area (Å²) in [4.78, 5) is 0. The number of benzene rings is 1. The molecule has 0 spiro atoms. The normalized spacial score (nSPS) is 18.1. The minimum absolute atomic E-state index is 0.116. The van der Waals surface area contributed by atoms with Crippen molar-refractivity contribution in [1.29, 1.82) is 0 Å². The third kappa shape index (κ3) is 2.59. The van der Waals surface area contributed by atoms with Crippen LogP contribution in [0.1, 0.15) is 43.8 Å². The minimum Gasteiger partial charge on any atom is -0.271 e. The van der Waals surface area contributed by atoms with Crippen molar-refractivity contribution in [2.45, 2.75) is 38.1 Å². The Hall–Kier alpha value is -1.72. The summed E-state index contributed by atoms with van der Waals surface area (Å²) in [5.41, 5.74) is 5.05. The number of rotatable bonds is 4. The summed E-state index contributed by atoms with van der Waals surface area (Å²) in [6, 6.07) is 10.2. The fraction of sp³-hybridized carbons (Fsp3) is 0.467. The van der Waals surface area contributed by atoms with Gasteiger partial charge in [-0.25, -0.2) is 4.68 Å². The molecule has 1 heterocycles. The standard InChI is InChI=1S/C15H21N5/c16-18-15(12-7-3-1-4-8-12)14-11-17-19-20(14)13-9-5-2-6-10-13/h2,5-6,9-12,15,18H,1,3-4,7-8,16H2. The van der Waals surface area contributed by atoms with Gasteiger partial charge >= 0.3 is 0 Å². The van der Waals surface area contributed by atoms with Crippen LogP contribution in [0.15, 0.2) is 36.5 Å². The zero-order valence-corrected chi connectivity index (χ0v) is 11.6. The van der Waals surface area contributed by atoms with Gasteiger partial charge in [0.25, 0.3) is 0 Å². The molecule has 5 heteroatoms. The topological polar surface area (TPSA) is 68.8 Å². The lowest BCUT2D eigenvalue weighted by molar-refractivity contribution is 0.267. The van der Waals surface area contributed by atoms with Gasteiger partial charge in [-0.05, 0) is 30.9 Å². The number of hydrogen-bond acceptors (Lipinski definition) is 4. The van der Waals surface area contributed by atoms with Crippen LogP contribution in [0.25, 0.3) is 5.69 Å². The summed E-state index contributed by atoms with van der Waals surface area (Å²) in [5.74, 6) is 6.39. The largest absolute Gasteiger partial charge is 0.271 e. The number of nitrogens with zero attached hydrogens (tertiary/aromatic N) is 3. The predicted molar refractivity (Wildman–Crippen MR) is 78.0 cm³/mol. The first-order valence-corrected chi connectivity index (χ1v) is 7.32. The van der Waals surface area contributed by atoms with Crippen LogP contribution in [0.4, 0.5) is 0 Å². The molecule has 3 N–H and O–H groups in total. The SMILES string of the molecule is NNC(c1cnnn1-c1ccccc1)C1CCCCC1. The second-order valence-corrected chi connectivity index (χ2v) is 5.45. The molecule has 1 unspecified atom stereocenters. The fourth-order valence-corrected chi connectivity index (χ4v) is 3.16. The van der Waals surface area contributed by atoms with Gasteiger partial charge in [-0.2, -0.15) is 0 Å². The molecule has 106 valence electrons. The van der Waals surface area contributed by atoms with E-state index >= 15 is 0 Å². The molecule has 2 aromatic rings.